The molecule has 0 bridgehead atoms. The number of benzene rings is 1. The van der Waals surface area contributed by atoms with Crippen LogP contribution in [0.1, 0.15) is 55.2 Å². The number of nitrogens with zero attached hydrogens (tertiary/aromatic N) is 3. The fourth-order valence-corrected chi connectivity index (χ4v) is 4.11. The van der Waals surface area contributed by atoms with Gasteiger partial charge in [-0.2, -0.15) is 0 Å². The maximum absolute atomic E-state index is 12.6. The summed E-state index contributed by atoms with van der Waals surface area (Å²) < 4.78 is 0. The summed E-state index contributed by atoms with van der Waals surface area (Å²) in [6.45, 7) is 8.71. The molecule has 1 saturated heterocycles. The minimum absolute atomic E-state index is 0.0204. The van der Waals surface area contributed by atoms with E-state index in [4.69, 9.17) is 0 Å². The van der Waals surface area contributed by atoms with E-state index in [1.54, 1.807) is 4.90 Å². The zero-order valence-corrected chi connectivity index (χ0v) is 17.1. The summed E-state index contributed by atoms with van der Waals surface area (Å²) in [6, 6.07) is 5.94. The van der Waals surface area contributed by atoms with Gasteiger partial charge in [-0.1, -0.05) is 37.7 Å². The van der Waals surface area contributed by atoms with E-state index < -0.39 is 0 Å². The van der Waals surface area contributed by atoms with E-state index in [9.17, 15) is 9.59 Å². The van der Waals surface area contributed by atoms with Crippen LogP contribution in [0.5, 0.6) is 0 Å². The summed E-state index contributed by atoms with van der Waals surface area (Å²) in [4.78, 5) is 26.7. The molecule has 1 aliphatic rings. The molecule has 0 aliphatic carbocycles. The number of anilines is 2. The molecule has 2 unspecified atom stereocenters. The Hall–Kier alpha value is -2.28. The molecule has 6 nitrogen and oxygen atoms in total. The normalized spacial score (nSPS) is 18.0. The highest BCUT2D eigenvalue weighted by Gasteiger charge is 2.35. The molecule has 2 atom stereocenters. The summed E-state index contributed by atoms with van der Waals surface area (Å²) in [5.41, 5.74) is 3.17. The Labute approximate surface area is 164 Å². The molecule has 27 heavy (non-hydrogen) atoms. The van der Waals surface area contributed by atoms with Gasteiger partial charge in [-0.15, -0.1) is 10.2 Å². The summed E-state index contributed by atoms with van der Waals surface area (Å²) in [5.74, 6) is -0.223. The van der Waals surface area contributed by atoms with Crippen LogP contribution in [0.25, 0.3) is 0 Å². The van der Waals surface area contributed by atoms with Crippen molar-refractivity contribution in [1.82, 2.24) is 10.2 Å². The standard InChI is InChI=1S/C20H26N4O2S/c1-5-6-13(3)19-22-23-20(27-19)21-18(26)15-10-17(25)24(11-15)16-8-7-12(2)14(4)9-16/h7-9,13,15H,5-6,10-11H2,1-4H3,(H,21,23,26). The molecule has 2 heterocycles. The van der Waals surface area contributed by atoms with Gasteiger partial charge >= 0.3 is 0 Å². The fraction of sp³-hybridized carbons (Fsp3) is 0.500. The maximum atomic E-state index is 12.6. The quantitative estimate of drug-likeness (QED) is 0.813. The lowest BCUT2D eigenvalue weighted by molar-refractivity contribution is -0.122. The zero-order valence-electron chi connectivity index (χ0n) is 16.3. The van der Waals surface area contributed by atoms with Crippen LogP contribution in [0.15, 0.2) is 18.2 Å². The monoisotopic (exact) mass is 386 g/mol. The highest BCUT2D eigenvalue weighted by molar-refractivity contribution is 7.15. The van der Waals surface area contributed by atoms with Crippen molar-refractivity contribution >= 4 is 34.0 Å². The van der Waals surface area contributed by atoms with Gasteiger partial charge in [-0.05, 0) is 43.5 Å². The van der Waals surface area contributed by atoms with Crippen LogP contribution in [0.2, 0.25) is 0 Å². The van der Waals surface area contributed by atoms with Gasteiger partial charge in [0, 0.05) is 24.6 Å². The van der Waals surface area contributed by atoms with Crippen molar-refractivity contribution in [3.05, 3.63) is 34.3 Å². The highest BCUT2D eigenvalue weighted by atomic mass is 32.1. The average molecular weight is 387 g/mol. The van der Waals surface area contributed by atoms with Crippen molar-refractivity contribution < 1.29 is 9.59 Å². The first-order chi connectivity index (χ1) is 12.9. The van der Waals surface area contributed by atoms with Crippen molar-refractivity contribution in [2.45, 2.75) is 52.9 Å². The van der Waals surface area contributed by atoms with E-state index >= 15 is 0 Å². The molecular formula is C20H26N4O2S. The van der Waals surface area contributed by atoms with Crippen molar-refractivity contribution in [2.24, 2.45) is 5.92 Å². The van der Waals surface area contributed by atoms with Gasteiger partial charge in [0.25, 0.3) is 0 Å². The fourth-order valence-electron chi connectivity index (χ4n) is 3.27. The minimum atomic E-state index is -0.375. The Morgan fingerprint density at radius 2 is 2.11 bits per heavy atom. The molecule has 3 rings (SSSR count). The van der Waals surface area contributed by atoms with Crippen LogP contribution in [-0.2, 0) is 9.59 Å². The van der Waals surface area contributed by atoms with Crippen LogP contribution in [-0.4, -0.2) is 28.6 Å². The molecule has 0 radical (unpaired) electrons. The molecule has 1 fully saturated rings. The molecule has 0 saturated carbocycles. The van der Waals surface area contributed by atoms with Gasteiger partial charge in [0.15, 0.2) is 0 Å². The second-order valence-electron chi connectivity index (χ2n) is 7.30. The van der Waals surface area contributed by atoms with Crippen LogP contribution >= 0.6 is 11.3 Å². The van der Waals surface area contributed by atoms with Gasteiger partial charge in [-0.3, -0.25) is 9.59 Å². The molecule has 1 aromatic carbocycles. The molecule has 2 amide bonds. The van der Waals surface area contributed by atoms with Crippen molar-refractivity contribution in [2.75, 3.05) is 16.8 Å². The Morgan fingerprint density at radius 1 is 1.33 bits per heavy atom. The molecule has 1 N–H and O–H groups in total. The molecule has 7 heteroatoms. The largest absolute Gasteiger partial charge is 0.312 e. The number of hydrogen-bond acceptors (Lipinski definition) is 5. The Kier molecular flexibility index (Phi) is 5.89. The van der Waals surface area contributed by atoms with Gasteiger partial charge in [0.05, 0.1) is 5.92 Å². The van der Waals surface area contributed by atoms with Crippen LogP contribution in [0.3, 0.4) is 0 Å². The van der Waals surface area contributed by atoms with Crippen LogP contribution < -0.4 is 10.2 Å². The van der Waals surface area contributed by atoms with Gasteiger partial charge < -0.3 is 10.2 Å². The van der Waals surface area contributed by atoms with Gasteiger partial charge in [0.2, 0.25) is 16.9 Å². The lowest BCUT2D eigenvalue weighted by atomic mass is 10.1. The zero-order chi connectivity index (χ0) is 19.6. The Morgan fingerprint density at radius 3 is 2.81 bits per heavy atom. The maximum Gasteiger partial charge on any atom is 0.231 e. The SMILES string of the molecule is CCCC(C)c1nnc(NC(=O)C2CC(=O)N(c3ccc(C)c(C)c3)C2)s1. The minimum Gasteiger partial charge on any atom is -0.312 e. The van der Waals surface area contributed by atoms with E-state index in [1.807, 2.05) is 32.0 Å². The summed E-state index contributed by atoms with van der Waals surface area (Å²) in [5, 5.41) is 12.6. The number of aromatic nitrogens is 2. The third kappa shape index (κ3) is 4.35. The first kappa shape index (κ1) is 19.5. The van der Waals surface area contributed by atoms with E-state index in [0.717, 1.165) is 29.1 Å². The predicted octanol–water partition coefficient (Wildman–Crippen LogP) is 4.05. The molecule has 144 valence electrons. The molecule has 0 spiro atoms. The van der Waals surface area contributed by atoms with Crippen molar-refractivity contribution in [1.29, 1.82) is 0 Å². The van der Waals surface area contributed by atoms with E-state index in [2.05, 4.69) is 29.4 Å². The van der Waals surface area contributed by atoms with Crippen molar-refractivity contribution in [3.63, 3.8) is 0 Å². The van der Waals surface area contributed by atoms with Gasteiger partial charge in [-0.25, -0.2) is 0 Å². The number of carbonyl (C=O) groups excluding carboxylic acids is 2. The van der Waals surface area contributed by atoms with E-state index in [1.165, 1.54) is 16.9 Å². The third-order valence-corrected chi connectivity index (χ3v) is 6.18. The lowest BCUT2D eigenvalue weighted by Crippen LogP contribution is -2.28. The lowest BCUT2D eigenvalue weighted by Gasteiger charge is -2.17. The van der Waals surface area contributed by atoms with E-state index in [-0.39, 0.29) is 24.2 Å². The average Bonchev–Trinajstić information content (AvgIpc) is 3.24. The Balaban J connectivity index is 1.64. The second kappa shape index (κ2) is 8.17. The predicted molar refractivity (Wildman–Crippen MR) is 108 cm³/mol. The number of carbonyl (C=O) groups is 2. The first-order valence-electron chi connectivity index (χ1n) is 9.41. The number of nitrogens with one attached hydrogen (secondary N) is 1. The molecule has 1 aliphatic heterocycles. The van der Waals surface area contributed by atoms with Crippen LogP contribution in [0, 0.1) is 19.8 Å². The summed E-state index contributed by atoms with van der Waals surface area (Å²) >= 11 is 1.42. The number of aryl methyl sites for hydroxylation is 2. The second-order valence-corrected chi connectivity index (χ2v) is 8.31. The smallest absolute Gasteiger partial charge is 0.231 e. The molecule has 1 aromatic heterocycles. The number of rotatable bonds is 6. The molecule has 2 aromatic rings. The summed E-state index contributed by atoms with van der Waals surface area (Å²) in [6.07, 6.45) is 2.35. The summed E-state index contributed by atoms with van der Waals surface area (Å²) in [7, 11) is 0. The van der Waals surface area contributed by atoms with E-state index in [0.29, 0.717) is 17.6 Å². The molecular weight excluding hydrogens is 360 g/mol. The van der Waals surface area contributed by atoms with Gasteiger partial charge in [0.1, 0.15) is 5.01 Å². The first-order valence-corrected chi connectivity index (χ1v) is 10.2. The third-order valence-electron chi connectivity index (χ3n) is 5.11. The Bertz CT molecular complexity index is 848. The number of hydrogen-bond donors (Lipinski definition) is 1. The topological polar surface area (TPSA) is 75.2 Å². The highest BCUT2D eigenvalue weighted by Crippen LogP contribution is 2.29. The van der Waals surface area contributed by atoms with Crippen molar-refractivity contribution in [3.8, 4) is 0 Å². The van der Waals surface area contributed by atoms with Crippen LogP contribution in [0.4, 0.5) is 10.8 Å². The number of amides is 2.